The number of thiophene rings is 1. The maximum absolute atomic E-state index is 12.3. The minimum Gasteiger partial charge on any atom is -0.465 e. The van der Waals surface area contributed by atoms with Crippen LogP contribution in [0.4, 0.5) is 0 Å². The van der Waals surface area contributed by atoms with E-state index in [1.165, 1.54) is 18.4 Å². The number of nitrogens with zero attached hydrogens (tertiary/aromatic N) is 1. The van der Waals surface area contributed by atoms with Gasteiger partial charge in [-0.25, -0.2) is 17.9 Å². The molecule has 2 heterocycles. The SMILES string of the molecule is COC(=O)c1ccc(CN2CCC(NS(=O)(=O)c3cccs3)CC2)cc1. The third-order valence-corrected chi connectivity index (χ3v) is 7.37. The molecular weight excluding hydrogens is 372 g/mol. The Labute approximate surface area is 157 Å². The molecule has 26 heavy (non-hydrogen) atoms. The van der Waals surface area contributed by atoms with Crippen molar-refractivity contribution in [2.45, 2.75) is 29.6 Å². The Morgan fingerprint density at radius 3 is 2.50 bits per heavy atom. The van der Waals surface area contributed by atoms with Gasteiger partial charge in [0.1, 0.15) is 4.21 Å². The van der Waals surface area contributed by atoms with Gasteiger partial charge in [0.25, 0.3) is 0 Å². The number of benzene rings is 1. The number of carbonyl (C=O) groups is 1. The topological polar surface area (TPSA) is 75.7 Å². The number of likely N-dealkylation sites (tertiary alicyclic amines) is 1. The average Bonchev–Trinajstić information content (AvgIpc) is 3.19. The number of hydrogen-bond donors (Lipinski definition) is 1. The van der Waals surface area contributed by atoms with Crippen molar-refractivity contribution in [1.82, 2.24) is 9.62 Å². The van der Waals surface area contributed by atoms with Crippen LogP contribution in [0.15, 0.2) is 46.0 Å². The lowest BCUT2D eigenvalue weighted by Gasteiger charge is -2.32. The van der Waals surface area contributed by atoms with Gasteiger partial charge < -0.3 is 4.74 Å². The fraction of sp³-hybridized carbons (Fsp3) is 0.389. The Kier molecular flexibility index (Phi) is 6.08. The van der Waals surface area contributed by atoms with Crippen LogP contribution in [-0.2, 0) is 21.3 Å². The third-order valence-electron chi connectivity index (χ3n) is 4.45. The van der Waals surface area contributed by atoms with Crippen LogP contribution in [0.1, 0.15) is 28.8 Å². The number of carbonyl (C=O) groups excluding carboxylic acids is 1. The summed E-state index contributed by atoms with van der Waals surface area (Å²) in [7, 11) is -2.03. The first-order valence-corrected chi connectivity index (χ1v) is 10.8. The number of sulfonamides is 1. The number of hydrogen-bond acceptors (Lipinski definition) is 6. The lowest BCUT2D eigenvalue weighted by Crippen LogP contribution is -2.44. The van der Waals surface area contributed by atoms with Gasteiger partial charge in [0.2, 0.25) is 10.0 Å². The minimum atomic E-state index is -3.40. The molecule has 140 valence electrons. The van der Waals surface area contributed by atoms with Gasteiger partial charge in [-0.05, 0) is 42.0 Å². The Balaban J connectivity index is 1.50. The molecule has 0 unspecified atom stereocenters. The summed E-state index contributed by atoms with van der Waals surface area (Å²) >= 11 is 1.23. The second-order valence-electron chi connectivity index (χ2n) is 6.29. The van der Waals surface area contributed by atoms with Gasteiger partial charge in [-0.15, -0.1) is 11.3 Å². The van der Waals surface area contributed by atoms with Crippen molar-refractivity contribution in [3.05, 3.63) is 52.9 Å². The number of esters is 1. The summed E-state index contributed by atoms with van der Waals surface area (Å²) in [6.07, 6.45) is 1.57. The lowest BCUT2D eigenvalue weighted by molar-refractivity contribution is 0.0600. The molecule has 0 amide bonds. The lowest BCUT2D eigenvalue weighted by atomic mass is 10.0. The van der Waals surface area contributed by atoms with Crippen molar-refractivity contribution >= 4 is 27.3 Å². The van der Waals surface area contributed by atoms with E-state index in [9.17, 15) is 13.2 Å². The maximum Gasteiger partial charge on any atom is 0.337 e. The van der Waals surface area contributed by atoms with Gasteiger partial charge in [0.05, 0.1) is 12.7 Å². The first-order valence-electron chi connectivity index (χ1n) is 8.43. The van der Waals surface area contributed by atoms with E-state index < -0.39 is 10.0 Å². The van der Waals surface area contributed by atoms with Crippen LogP contribution < -0.4 is 4.72 Å². The molecule has 1 aliphatic heterocycles. The first kappa shape index (κ1) is 19.0. The van der Waals surface area contributed by atoms with Crippen LogP contribution >= 0.6 is 11.3 Å². The highest BCUT2D eigenvalue weighted by Gasteiger charge is 2.25. The van der Waals surface area contributed by atoms with Crippen LogP contribution in [0.5, 0.6) is 0 Å². The van der Waals surface area contributed by atoms with E-state index in [0.29, 0.717) is 9.77 Å². The zero-order valence-electron chi connectivity index (χ0n) is 14.6. The van der Waals surface area contributed by atoms with E-state index in [-0.39, 0.29) is 12.0 Å². The van der Waals surface area contributed by atoms with Crippen LogP contribution in [-0.4, -0.2) is 45.5 Å². The predicted octanol–water partition coefficient (Wildman–Crippen LogP) is 2.48. The molecule has 1 aliphatic rings. The molecule has 1 fully saturated rings. The largest absolute Gasteiger partial charge is 0.465 e. The number of ether oxygens (including phenoxy) is 1. The fourth-order valence-corrected chi connectivity index (χ4v) is 5.34. The number of rotatable bonds is 6. The summed E-state index contributed by atoms with van der Waals surface area (Å²) in [5.74, 6) is -0.338. The van der Waals surface area contributed by atoms with Gasteiger partial charge in [0.15, 0.2) is 0 Å². The zero-order valence-corrected chi connectivity index (χ0v) is 16.2. The normalized spacial score (nSPS) is 16.5. The molecule has 1 saturated heterocycles. The van der Waals surface area contributed by atoms with Crippen LogP contribution in [0.25, 0.3) is 0 Å². The molecule has 0 saturated carbocycles. The van der Waals surface area contributed by atoms with Crippen molar-refractivity contribution in [3.63, 3.8) is 0 Å². The molecule has 0 atom stereocenters. The van der Waals surface area contributed by atoms with Crippen LogP contribution in [0.2, 0.25) is 0 Å². The predicted molar refractivity (Wildman–Crippen MR) is 101 cm³/mol. The van der Waals surface area contributed by atoms with Crippen molar-refractivity contribution < 1.29 is 17.9 Å². The molecule has 3 rings (SSSR count). The Bertz CT molecular complexity index is 825. The van der Waals surface area contributed by atoms with E-state index in [1.54, 1.807) is 29.6 Å². The molecule has 1 aromatic carbocycles. The minimum absolute atomic E-state index is 0.0277. The first-order chi connectivity index (χ1) is 12.5. The van der Waals surface area contributed by atoms with E-state index in [1.807, 2.05) is 12.1 Å². The molecule has 8 heteroatoms. The fourth-order valence-electron chi connectivity index (χ4n) is 3.03. The number of methoxy groups -OCH3 is 1. The van der Waals surface area contributed by atoms with Gasteiger partial charge in [0, 0.05) is 25.7 Å². The summed E-state index contributed by atoms with van der Waals surface area (Å²) in [6, 6.07) is 10.7. The second kappa shape index (κ2) is 8.30. The highest BCUT2D eigenvalue weighted by atomic mass is 32.2. The van der Waals surface area contributed by atoms with E-state index >= 15 is 0 Å². The van der Waals surface area contributed by atoms with E-state index in [2.05, 4.69) is 9.62 Å². The third kappa shape index (κ3) is 4.70. The number of nitrogens with one attached hydrogen (secondary N) is 1. The van der Waals surface area contributed by atoms with Gasteiger partial charge in [-0.3, -0.25) is 4.90 Å². The summed E-state index contributed by atoms with van der Waals surface area (Å²) in [5, 5.41) is 1.77. The number of piperidine rings is 1. The molecule has 0 spiro atoms. The summed E-state index contributed by atoms with van der Waals surface area (Å²) in [6.45, 7) is 2.44. The summed E-state index contributed by atoms with van der Waals surface area (Å²) < 4.78 is 32.5. The Morgan fingerprint density at radius 1 is 1.23 bits per heavy atom. The van der Waals surface area contributed by atoms with E-state index in [4.69, 9.17) is 4.74 Å². The Morgan fingerprint density at radius 2 is 1.92 bits per heavy atom. The van der Waals surface area contributed by atoms with Crippen LogP contribution in [0.3, 0.4) is 0 Å². The van der Waals surface area contributed by atoms with Crippen molar-refractivity contribution in [2.24, 2.45) is 0 Å². The standard InChI is InChI=1S/C18H22N2O4S2/c1-24-18(21)15-6-4-14(5-7-15)13-20-10-8-16(9-11-20)19-26(22,23)17-3-2-12-25-17/h2-7,12,16,19H,8-11,13H2,1H3. The molecule has 0 radical (unpaired) electrons. The molecule has 6 nitrogen and oxygen atoms in total. The van der Waals surface area contributed by atoms with Gasteiger partial charge in [-0.2, -0.15) is 0 Å². The monoisotopic (exact) mass is 394 g/mol. The second-order valence-corrected chi connectivity index (χ2v) is 9.18. The summed E-state index contributed by atoms with van der Waals surface area (Å²) in [4.78, 5) is 13.8. The van der Waals surface area contributed by atoms with Gasteiger partial charge in [-0.1, -0.05) is 18.2 Å². The molecular formula is C18H22N2O4S2. The van der Waals surface area contributed by atoms with Gasteiger partial charge >= 0.3 is 5.97 Å². The quantitative estimate of drug-likeness (QED) is 0.762. The van der Waals surface area contributed by atoms with Crippen molar-refractivity contribution in [2.75, 3.05) is 20.2 Å². The van der Waals surface area contributed by atoms with Crippen molar-refractivity contribution in [1.29, 1.82) is 0 Å². The highest BCUT2D eigenvalue weighted by Crippen LogP contribution is 2.19. The smallest absolute Gasteiger partial charge is 0.337 e. The molecule has 1 N–H and O–H groups in total. The van der Waals surface area contributed by atoms with Crippen molar-refractivity contribution in [3.8, 4) is 0 Å². The highest BCUT2D eigenvalue weighted by molar-refractivity contribution is 7.91. The average molecular weight is 395 g/mol. The van der Waals surface area contributed by atoms with Crippen LogP contribution in [0, 0.1) is 0 Å². The zero-order chi connectivity index (χ0) is 18.6. The molecule has 0 aliphatic carbocycles. The maximum atomic E-state index is 12.3. The molecule has 0 bridgehead atoms. The molecule has 2 aromatic rings. The summed E-state index contributed by atoms with van der Waals surface area (Å²) in [5.41, 5.74) is 1.66. The molecule has 1 aromatic heterocycles. The Hall–Kier alpha value is -1.74. The van der Waals surface area contributed by atoms with E-state index in [0.717, 1.165) is 38.0 Å².